The maximum Gasteiger partial charge on any atom is 0.319 e. The zero-order valence-corrected chi connectivity index (χ0v) is 10.5. The van der Waals surface area contributed by atoms with Crippen molar-refractivity contribution in [2.75, 3.05) is 5.32 Å². The van der Waals surface area contributed by atoms with Crippen LogP contribution < -0.4 is 10.6 Å². The number of anilines is 1. The number of rotatable bonds is 3. The van der Waals surface area contributed by atoms with E-state index in [-0.39, 0.29) is 11.8 Å². The number of ketones is 1. The third kappa shape index (κ3) is 3.32. The van der Waals surface area contributed by atoms with Crippen LogP contribution in [0.2, 0.25) is 0 Å². The van der Waals surface area contributed by atoms with Crippen molar-refractivity contribution >= 4 is 17.5 Å². The van der Waals surface area contributed by atoms with E-state index in [0.717, 1.165) is 12.8 Å². The smallest absolute Gasteiger partial charge is 0.319 e. The molecule has 4 heteroatoms. The summed E-state index contributed by atoms with van der Waals surface area (Å²) in [6.07, 6.45) is 4.52. The Hall–Kier alpha value is -1.84. The molecule has 2 amide bonds. The minimum absolute atomic E-state index is 0.0250. The quantitative estimate of drug-likeness (QED) is 0.805. The predicted molar refractivity (Wildman–Crippen MR) is 70.9 cm³/mol. The number of carbonyl (C=O) groups excluding carboxylic acids is 2. The first-order valence-corrected chi connectivity index (χ1v) is 6.33. The van der Waals surface area contributed by atoms with Gasteiger partial charge in [-0.1, -0.05) is 12.8 Å². The zero-order valence-electron chi connectivity index (χ0n) is 10.5. The Morgan fingerprint density at radius 3 is 2.28 bits per heavy atom. The molecule has 0 aromatic heterocycles. The summed E-state index contributed by atoms with van der Waals surface area (Å²) in [7, 11) is 0. The van der Waals surface area contributed by atoms with E-state index in [4.69, 9.17) is 0 Å². The van der Waals surface area contributed by atoms with Crippen LogP contribution in [0.15, 0.2) is 24.3 Å². The molecule has 1 fully saturated rings. The minimum Gasteiger partial charge on any atom is -0.335 e. The van der Waals surface area contributed by atoms with Gasteiger partial charge in [-0.15, -0.1) is 0 Å². The normalized spacial score (nSPS) is 15.4. The van der Waals surface area contributed by atoms with Crippen molar-refractivity contribution < 1.29 is 9.59 Å². The third-order valence-electron chi connectivity index (χ3n) is 3.24. The minimum atomic E-state index is -0.169. The third-order valence-corrected chi connectivity index (χ3v) is 3.24. The highest BCUT2D eigenvalue weighted by Gasteiger charge is 2.16. The Balaban J connectivity index is 1.88. The van der Waals surface area contributed by atoms with E-state index in [9.17, 15) is 9.59 Å². The molecule has 0 bridgehead atoms. The van der Waals surface area contributed by atoms with E-state index in [1.165, 1.54) is 19.8 Å². The molecular weight excluding hydrogens is 228 g/mol. The standard InChI is InChI=1S/C14H18N2O2/c1-10(17)11-6-8-13(9-7-11)16-14(18)15-12-4-2-3-5-12/h6-9,12H,2-5H2,1H3,(H2,15,16,18). The molecule has 2 N–H and O–H groups in total. The van der Waals surface area contributed by atoms with Gasteiger partial charge in [0.15, 0.2) is 5.78 Å². The zero-order chi connectivity index (χ0) is 13.0. The average Bonchev–Trinajstić information content (AvgIpc) is 2.82. The van der Waals surface area contributed by atoms with Gasteiger partial charge in [0.05, 0.1) is 0 Å². The van der Waals surface area contributed by atoms with Gasteiger partial charge in [0.2, 0.25) is 0 Å². The van der Waals surface area contributed by atoms with Crippen molar-refractivity contribution in [2.45, 2.75) is 38.6 Å². The molecule has 1 saturated carbocycles. The van der Waals surface area contributed by atoms with Gasteiger partial charge in [-0.25, -0.2) is 4.79 Å². The molecule has 0 radical (unpaired) electrons. The first-order chi connectivity index (χ1) is 8.65. The summed E-state index contributed by atoms with van der Waals surface area (Å²) >= 11 is 0. The van der Waals surface area contributed by atoms with Crippen molar-refractivity contribution in [3.05, 3.63) is 29.8 Å². The molecule has 1 aliphatic carbocycles. The molecule has 0 atom stereocenters. The Labute approximate surface area is 107 Å². The van der Waals surface area contributed by atoms with E-state index in [0.29, 0.717) is 17.3 Å². The molecular formula is C14H18N2O2. The molecule has 0 saturated heterocycles. The molecule has 96 valence electrons. The molecule has 4 nitrogen and oxygen atoms in total. The molecule has 0 spiro atoms. The van der Waals surface area contributed by atoms with Gasteiger partial charge in [0.1, 0.15) is 0 Å². The molecule has 0 heterocycles. The Kier molecular flexibility index (Phi) is 3.97. The fourth-order valence-electron chi connectivity index (χ4n) is 2.21. The lowest BCUT2D eigenvalue weighted by atomic mass is 10.1. The molecule has 1 aromatic rings. The van der Waals surface area contributed by atoms with Gasteiger partial charge in [0, 0.05) is 17.3 Å². The number of hydrogen-bond acceptors (Lipinski definition) is 2. The molecule has 1 aromatic carbocycles. The maximum atomic E-state index is 11.7. The van der Waals surface area contributed by atoms with Crippen molar-refractivity contribution in [2.24, 2.45) is 0 Å². The molecule has 18 heavy (non-hydrogen) atoms. The second kappa shape index (κ2) is 5.67. The SMILES string of the molecule is CC(=O)c1ccc(NC(=O)NC2CCCC2)cc1. The van der Waals surface area contributed by atoms with Crippen LogP contribution in [-0.4, -0.2) is 17.9 Å². The summed E-state index contributed by atoms with van der Waals surface area (Å²) < 4.78 is 0. The van der Waals surface area contributed by atoms with E-state index in [2.05, 4.69) is 10.6 Å². The first kappa shape index (κ1) is 12.6. The second-order valence-corrected chi connectivity index (χ2v) is 4.71. The Bertz CT molecular complexity index is 434. The number of hydrogen-bond donors (Lipinski definition) is 2. The summed E-state index contributed by atoms with van der Waals surface area (Å²) in [5.41, 5.74) is 1.35. The topological polar surface area (TPSA) is 58.2 Å². The van der Waals surface area contributed by atoms with Crippen molar-refractivity contribution in [3.8, 4) is 0 Å². The number of carbonyl (C=O) groups is 2. The number of urea groups is 1. The summed E-state index contributed by atoms with van der Waals surface area (Å²) in [5, 5.41) is 5.72. The summed E-state index contributed by atoms with van der Waals surface area (Å²) in [5.74, 6) is 0.0250. The monoisotopic (exact) mass is 246 g/mol. The first-order valence-electron chi connectivity index (χ1n) is 6.33. The highest BCUT2D eigenvalue weighted by Crippen LogP contribution is 2.18. The van der Waals surface area contributed by atoms with Gasteiger partial charge in [-0.05, 0) is 44.0 Å². The lowest BCUT2D eigenvalue weighted by Gasteiger charge is -2.13. The summed E-state index contributed by atoms with van der Waals surface area (Å²) in [4.78, 5) is 22.8. The van der Waals surface area contributed by atoms with Crippen LogP contribution in [0, 0.1) is 0 Å². The van der Waals surface area contributed by atoms with Gasteiger partial charge in [-0.3, -0.25) is 4.79 Å². The number of nitrogens with one attached hydrogen (secondary N) is 2. The van der Waals surface area contributed by atoms with Crippen LogP contribution in [0.5, 0.6) is 0 Å². The lowest BCUT2D eigenvalue weighted by molar-refractivity contribution is 0.101. The molecule has 0 unspecified atom stereocenters. The van der Waals surface area contributed by atoms with E-state index < -0.39 is 0 Å². The van der Waals surface area contributed by atoms with Crippen LogP contribution in [0.25, 0.3) is 0 Å². The fourth-order valence-corrected chi connectivity index (χ4v) is 2.21. The Morgan fingerprint density at radius 2 is 1.72 bits per heavy atom. The second-order valence-electron chi connectivity index (χ2n) is 4.71. The van der Waals surface area contributed by atoms with Crippen LogP contribution in [-0.2, 0) is 0 Å². The lowest BCUT2D eigenvalue weighted by Crippen LogP contribution is -2.36. The number of benzene rings is 1. The van der Waals surface area contributed by atoms with Crippen LogP contribution in [0.4, 0.5) is 10.5 Å². The highest BCUT2D eigenvalue weighted by atomic mass is 16.2. The summed E-state index contributed by atoms with van der Waals surface area (Å²) in [6, 6.07) is 7.05. The van der Waals surface area contributed by atoms with E-state index in [1.807, 2.05) is 0 Å². The van der Waals surface area contributed by atoms with Crippen molar-refractivity contribution in [3.63, 3.8) is 0 Å². The number of Topliss-reactive ketones (excluding diaryl/α,β-unsaturated/α-hetero) is 1. The van der Waals surface area contributed by atoms with E-state index >= 15 is 0 Å². The molecule has 2 rings (SSSR count). The van der Waals surface area contributed by atoms with Crippen molar-refractivity contribution in [1.82, 2.24) is 5.32 Å². The molecule has 0 aliphatic heterocycles. The van der Waals surface area contributed by atoms with Crippen LogP contribution in [0.1, 0.15) is 43.0 Å². The van der Waals surface area contributed by atoms with Gasteiger partial charge >= 0.3 is 6.03 Å². The van der Waals surface area contributed by atoms with Crippen LogP contribution >= 0.6 is 0 Å². The highest BCUT2D eigenvalue weighted by molar-refractivity contribution is 5.95. The maximum absolute atomic E-state index is 11.7. The number of amides is 2. The Morgan fingerprint density at radius 1 is 1.11 bits per heavy atom. The average molecular weight is 246 g/mol. The van der Waals surface area contributed by atoms with E-state index in [1.54, 1.807) is 24.3 Å². The van der Waals surface area contributed by atoms with Gasteiger partial charge < -0.3 is 10.6 Å². The summed E-state index contributed by atoms with van der Waals surface area (Å²) in [6.45, 7) is 1.52. The van der Waals surface area contributed by atoms with Crippen molar-refractivity contribution in [1.29, 1.82) is 0 Å². The van der Waals surface area contributed by atoms with Gasteiger partial charge in [-0.2, -0.15) is 0 Å². The molecule has 1 aliphatic rings. The van der Waals surface area contributed by atoms with Gasteiger partial charge in [0.25, 0.3) is 0 Å². The predicted octanol–water partition coefficient (Wildman–Crippen LogP) is 2.95. The van der Waals surface area contributed by atoms with Crippen LogP contribution in [0.3, 0.4) is 0 Å². The largest absolute Gasteiger partial charge is 0.335 e. The fraction of sp³-hybridized carbons (Fsp3) is 0.429.